The van der Waals surface area contributed by atoms with Crippen molar-refractivity contribution in [1.82, 2.24) is 5.32 Å². The van der Waals surface area contributed by atoms with Gasteiger partial charge in [-0.15, -0.1) is 11.3 Å². The molecule has 2 heteroatoms. The Morgan fingerprint density at radius 1 is 1.53 bits per heavy atom. The highest BCUT2D eigenvalue weighted by Gasteiger charge is 2.14. The van der Waals surface area contributed by atoms with Crippen molar-refractivity contribution in [2.75, 3.05) is 6.54 Å². The van der Waals surface area contributed by atoms with E-state index in [1.54, 1.807) is 0 Å². The fourth-order valence-electron chi connectivity index (χ4n) is 1.55. The third-order valence-corrected chi connectivity index (χ3v) is 3.78. The second kappa shape index (κ2) is 5.47. The molecule has 1 nitrogen and oxygen atoms in total. The first-order valence-electron chi connectivity index (χ1n) is 5.52. The van der Waals surface area contributed by atoms with Crippen molar-refractivity contribution in [1.29, 1.82) is 0 Å². The summed E-state index contributed by atoms with van der Waals surface area (Å²) in [6.07, 6.45) is 1.16. The Morgan fingerprint density at radius 3 is 2.60 bits per heavy atom. The summed E-state index contributed by atoms with van der Waals surface area (Å²) in [5.41, 5.74) is 2.59. The van der Waals surface area contributed by atoms with E-state index in [4.69, 9.17) is 0 Å². The summed E-state index contributed by atoms with van der Waals surface area (Å²) in [5.74, 6) is 0. The quantitative estimate of drug-likeness (QED) is 0.744. The lowest BCUT2D eigenvalue weighted by molar-refractivity contribution is 0.598. The van der Waals surface area contributed by atoms with Crippen LogP contribution in [0.5, 0.6) is 0 Å². The first kappa shape index (κ1) is 12.5. The minimum absolute atomic E-state index is 0.336. The second-order valence-corrected chi connectivity index (χ2v) is 5.41. The molecule has 1 atom stereocenters. The molecular weight excluding hydrogens is 202 g/mol. The van der Waals surface area contributed by atoms with Crippen LogP contribution in [0.2, 0.25) is 0 Å². The minimum atomic E-state index is 0.336. The van der Waals surface area contributed by atoms with Crippen LogP contribution < -0.4 is 5.32 Å². The maximum absolute atomic E-state index is 4.07. The van der Waals surface area contributed by atoms with Gasteiger partial charge in [-0.25, -0.2) is 0 Å². The van der Waals surface area contributed by atoms with E-state index in [2.05, 4.69) is 45.7 Å². The largest absolute Gasteiger partial charge is 0.306 e. The van der Waals surface area contributed by atoms with Crippen molar-refractivity contribution in [3.63, 3.8) is 0 Å². The van der Waals surface area contributed by atoms with Gasteiger partial charge in [0.25, 0.3) is 0 Å². The topological polar surface area (TPSA) is 12.0 Å². The van der Waals surface area contributed by atoms with Gasteiger partial charge in [0.1, 0.15) is 0 Å². The summed E-state index contributed by atoms with van der Waals surface area (Å²) < 4.78 is 0. The maximum atomic E-state index is 4.07. The van der Waals surface area contributed by atoms with Crippen molar-refractivity contribution in [3.05, 3.63) is 33.5 Å². The monoisotopic (exact) mass is 223 g/mol. The van der Waals surface area contributed by atoms with Crippen LogP contribution in [-0.4, -0.2) is 6.54 Å². The van der Waals surface area contributed by atoms with Gasteiger partial charge in [-0.2, -0.15) is 0 Å². The Kier molecular flexibility index (Phi) is 4.55. The molecule has 0 saturated carbocycles. The number of nitrogens with one attached hydrogen (secondary N) is 1. The Bertz CT molecular complexity index is 319. The van der Waals surface area contributed by atoms with Gasteiger partial charge in [-0.3, -0.25) is 0 Å². The van der Waals surface area contributed by atoms with E-state index in [0.717, 1.165) is 13.0 Å². The Balaban J connectivity index is 2.84. The lowest BCUT2D eigenvalue weighted by atomic mass is 10.1. The molecule has 0 aliphatic heterocycles. The smallest absolute Gasteiger partial charge is 0.0625 e. The predicted molar refractivity (Wildman–Crippen MR) is 69.6 cm³/mol. The first-order chi connectivity index (χ1) is 7.06. The molecule has 1 aromatic heterocycles. The molecule has 0 bridgehead atoms. The van der Waals surface area contributed by atoms with Crippen molar-refractivity contribution in [2.24, 2.45) is 0 Å². The summed E-state index contributed by atoms with van der Waals surface area (Å²) in [7, 11) is 0. The molecule has 1 N–H and O–H groups in total. The van der Waals surface area contributed by atoms with Gasteiger partial charge in [0.05, 0.1) is 6.04 Å². The van der Waals surface area contributed by atoms with Crippen LogP contribution in [0.1, 0.15) is 41.6 Å². The van der Waals surface area contributed by atoms with E-state index in [-0.39, 0.29) is 0 Å². The van der Waals surface area contributed by atoms with E-state index in [9.17, 15) is 0 Å². The van der Waals surface area contributed by atoms with Gasteiger partial charge in [-0.1, -0.05) is 19.1 Å². The zero-order valence-electron chi connectivity index (χ0n) is 10.2. The third kappa shape index (κ3) is 3.18. The summed E-state index contributed by atoms with van der Waals surface area (Å²) in [5, 5.41) is 3.54. The SMILES string of the molecule is C=C(C)C(NCCC)c1cc(C)c(C)s1. The minimum Gasteiger partial charge on any atom is -0.306 e. The molecule has 15 heavy (non-hydrogen) atoms. The third-order valence-electron chi connectivity index (χ3n) is 2.56. The molecule has 1 aromatic rings. The van der Waals surface area contributed by atoms with E-state index < -0.39 is 0 Å². The van der Waals surface area contributed by atoms with Gasteiger partial charge in [0, 0.05) is 9.75 Å². The highest BCUT2D eigenvalue weighted by atomic mass is 32.1. The standard InChI is InChI=1S/C13H21NS/c1-6-7-14-13(9(2)3)12-8-10(4)11(5)15-12/h8,13-14H,2,6-7H2,1,3-5H3. The zero-order chi connectivity index (χ0) is 11.4. The first-order valence-corrected chi connectivity index (χ1v) is 6.33. The Hall–Kier alpha value is -0.600. The lowest BCUT2D eigenvalue weighted by Crippen LogP contribution is -2.21. The Labute approximate surface area is 97.2 Å². The van der Waals surface area contributed by atoms with E-state index in [0.29, 0.717) is 6.04 Å². The number of thiophene rings is 1. The van der Waals surface area contributed by atoms with Crippen LogP contribution in [0.4, 0.5) is 0 Å². The molecule has 1 unspecified atom stereocenters. The summed E-state index contributed by atoms with van der Waals surface area (Å²) in [6.45, 7) is 13.8. The van der Waals surface area contributed by atoms with Gasteiger partial charge < -0.3 is 5.32 Å². The van der Waals surface area contributed by atoms with Crippen molar-refractivity contribution in [3.8, 4) is 0 Å². The zero-order valence-corrected chi connectivity index (χ0v) is 11.0. The van der Waals surface area contributed by atoms with Gasteiger partial charge in [-0.05, 0) is 45.4 Å². The molecule has 0 saturated heterocycles. The van der Waals surface area contributed by atoms with Crippen LogP contribution in [0.25, 0.3) is 0 Å². The number of hydrogen-bond acceptors (Lipinski definition) is 2. The van der Waals surface area contributed by atoms with Gasteiger partial charge in [0.2, 0.25) is 0 Å². The molecule has 1 heterocycles. The van der Waals surface area contributed by atoms with Crippen molar-refractivity contribution < 1.29 is 0 Å². The lowest BCUT2D eigenvalue weighted by Gasteiger charge is -2.16. The van der Waals surface area contributed by atoms with Gasteiger partial charge >= 0.3 is 0 Å². The van der Waals surface area contributed by atoms with E-state index in [1.807, 2.05) is 11.3 Å². The predicted octanol–water partition coefficient (Wildman–Crippen LogP) is 3.98. The van der Waals surface area contributed by atoms with Crippen LogP contribution in [0, 0.1) is 13.8 Å². The highest BCUT2D eigenvalue weighted by Crippen LogP contribution is 2.29. The Morgan fingerprint density at radius 2 is 2.20 bits per heavy atom. The number of rotatable bonds is 5. The number of hydrogen-bond donors (Lipinski definition) is 1. The molecule has 1 rings (SSSR count). The summed E-state index contributed by atoms with van der Waals surface area (Å²) >= 11 is 1.88. The summed E-state index contributed by atoms with van der Waals surface area (Å²) in [4.78, 5) is 2.81. The van der Waals surface area contributed by atoms with Gasteiger partial charge in [0.15, 0.2) is 0 Å². The molecule has 0 aliphatic carbocycles. The highest BCUT2D eigenvalue weighted by molar-refractivity contribution is 7.12. The molecular formula is C13H21NS. The fraction of sp³-hybridized carbons (Fsp3) is 0.538. The molecule has 0 radical (unpaired) electrons. The van der Waals surface area contributed by atoms with Crippen molar-refractivity contribution in [2.45, 2.75) is 40.2 Å². The van der Waals surface area contributed by atoms with E-state index in [1.165, 1.54) is 20.9 Å². The normalized spacial score (nSPS) is 12.8. The molecule has 0 aromatic carbocycles. The maximum Gasteiger partial charge on any atom is 0.0625 e. The summed E-state index contributed by atoms with van der Waals surface area (Å²) in [6, 6.07) is 2.62. The average molecular weight is 223 g/mol. The van der Waals surface area contributed by atoms with Crippen LogP contribution in [0.15, 0.2) is 18.2 Å². The van der Waals surface area contributed by atoms with Crippen LogP contribution in [-0.2, 0) is 0 Å². The molecule has 84 valence electrons. The molecule has 0 fully saturated rings. The van der Waals surface area contributed by atoms with E-state index >= 15 is 0 Å². The fourth-order valence-corrected chi connectivity index (χ4v) is 2.76. The molecule has 0 aliphatic rings. The second-order valence-electron chi connectivity index (χ2n) is 4.12. The van der Waals surface area contributed by atoms with Crippen molar-refractivity contribution >= 4 is 11.3 Å². The number of aryl methyl sites for hydroxylation is 2. The van der Waals surface area contributed by atoms with Crippen LogP contribution in [0.3, 0.4) is 0 Å². The molecule has 0 amide bonds. The van der Waals surface area contributed by atoms with Crippen LogP contribution >= 0.6 is 11.3 Å². The molecule has 0 spiro atoms. The average Bonchev–Trinajstić information content (AvgIpc) is 2.47.